The van der Waals surface area contributed by atoms with Crippen LogP contribution in [0, 0.1) is 0 Å². The Morgan fingerprint density at radius 1 is 0.389 bits per heavy atom. The number of benzene rings is 8. The van der Waals surface area contributed by atoms with Crippen LogP contribution in [0.5, 0.6) is 0 Å². The lowest BCUT2D eigenvalue weighted by atomic mass is 9.89. The summed E-state index contributed by atoms with van der Waals surface area (Å²) in [6.45, 7) is 0. The van der Waals surface area contributed by atoms with Crippen LogP contribution >= 0.6 is 0 Å². The van der Waals surface area contributed by atoms with Crippen LogP contribution in [-0.4, -0.2) is 0 Å². The van der Waals surface area contributed by atoms with E-state index in [1.165, 1.54) is 61.0 Å². The molecular weight excluding hydrogens is 655 g/mol. The van der Waals surface area contributed by atoms with Crippen molar-refractivity contribution in [3.63, 3.8) is 0 Å². The molecule has 0 amide bonds. The largest absolute Gasteiger partial charge is 0.455 e. The topological polar surface area (TPSA) is 16.4 Å². The predicted octanol–water partition coefficient (Wildman–Crippen LogP) is 14.6. The molecule has 256 valence electrons. The normalized spacial score (nSPS) is 12.9. The summed E-state index contributed by atoms with van der Waals surface area (Å²) < 4.78 is 6.65. The van der Waals surface area contributed by atoms with E-state index in [-0.39, 0.29) is 0 Å². The summed E-state index contributed by atoms with van der Waals surface area (Å²) in [5.41, 5.74) is 15.3. The van der Waals surface area contributed by atoms with Gasteiger partial charge in [0.25, 0.3) is 0 Å². The number of rotatable bonds is 7. The Balaban J connectivity index is 1.09. The Hall–Kier alpha value is -6.90. The number of allylic oxidation sites excluding steroid dienone is 4. The van der Waals surface area contributed by atoms with E-state index in [9.17, 15) is 0 Å². The van der Waals surface area contributed by atoms with Crippen LogP contribution in [0.2, 0.25) is 0 Å². The van der Waals surface area contributed by atoms with E-state index in [1.807, 2.05) is 0 Å². The highest BCUT2D eigenvalue weighted by molar-refractivity contribution is 6.21. The molecule has 10 rings (SSSR count). The van der Waals surface area contributed by atoms with Gasteiger partial charge in [0, 0.05) is 33.2 Å². The zero-order chi connectivity index (χ0) is 35.8. The van der Waals surface area contributed by atoms with Crippen molar-refractivity contribution in [1.29, 1.82) is 0 Å². The zero-order valence-electron chi connectivity index (χ0n) is 29.8. The van der Waals surface area contributed by atoms with Gasteiger partial charge in [0.2, 0.25) is 0 Å². The Kier molecular flexibility index (Phi) is 8.00. The molecule has 2 heteroatoms. The fraction of sp³-hybridized carbons (Fsp3) is 0.0385. The first-order valence-electron chi connectivity index (χ1n) is 18.7. The average molecular weight is 692 g/mol. The Bertz CT molecular complexity index is 2750. The van der Waals surface area contributed by atoms with Crippen LogP contribution in [0.3, 0.4) is 0 Å². The number of fused-ring (bicyclic) bond motifs is 5. The fourth-order valence-corrected chi connectivity index (χ4v) is 8.16. The van der Waals surface area contributed by atoms with Gasteiger partial charge in [0.15, 0.2) is 0 Å². The van der Waals surface area contributed by atoms with Crippen molar-refractivity contribution in [3.8, 4) is 33.4 Å². The quantitative estimate of drug-likeness (QED) is 0.165. The van der Waals surface area contributed by atoms with Crippen molar-refractivity contribution >= 4 is 49.7 Å². The second kappa shape index (κ2) is 13.6. The van der Waals surface area contributed by atoms with Gasteiger partial charge in [-0.25, -0.2) is 0 Å². The van der Waals surface area contributed by atoms with E-state index in [2.05, 4.69) is 205 Å². The monoisotopic (exact) mass is 691 g/mol. The first kappa shape index (κ1) is 31.8. The van der Waals surface area contributed by atoms with E-state index in [0.717, 1.165) is 46.2 Å². The number of hydrogen-bond donors (Lipinski definition) is 0. The minimum Gasteiger partial charge on any atom is -0.455 e. The van der Waals surface area contributed by atoms with Crippen LogP contribution in [0.25, 0.3) is 71.7 Å². The molecule has 0 saturated heterocycles. The lowest BCUT2D eigenvalue weighted by Crippen LogP contribution is -2.17. The highest BCUT2D eigenvalue weighted by Crippen LogP contribution is 2.44. The summed E-state index contributed by atoms with van der Waals surface area (Å²) in [7, 11) is 0. The molecule has 0 fully saturated rings. The minimum atomic E-state index is 0.903. The van der Waals surface area contributed by atoms with E-state index in [1.54, 1.807) is 0 Å². The van der Waals surface area contributed by atoms with Crippen molar-refractivity contribution in [2.45, 2.75) is 12.8 Å². The maximum Gasteiger partial charge on any atom is 0.143 e. The fourth-order valence-electron chi connectivity index (χ4n) is 8.16. The first-order valence-corrected chi connectivity index (χ1v) is 18.7. The van der Waals surface area contributed by atoms with Crippen molar-refractivity contribution in [2.24, 2.45) is 0 Å². The van der Waals surface area contributed by atoms with E-state index in [4.69, 9.17) is 4.42 Å². The molecular formula is C52H37NO. The number of nitrogens with zero attached hydrogens (tertiary/aromatic N) is 1. The zero-order valence-corrected chi connectivity index (χ0v) is 29.8. The second-order valence-electron chi connectivity index (χ2n) is 14.0. The smallest absolute Gasteiger partial charge is 0.143 e. The molecule has 0 unspecified atom stereocenters. The van der Waals surface area contributed by atoms with E-state index in [0.29, 0.717) is 0 Å². The molecule has 0 N–H and O–H groups in total. The lowest BCUT2D eigenvalue weighted by molar-refractivity contribution is 0.672. The van der Waals surface area contributed by atoms with Crippen molar-refractivity contribution < 1.29 is 4.42 Å². The molecule has 0 spiro atoms. The van der Waals surface area contributed by atoms with Crippen LogP contribution in [0.15, 0.2) is 210 Å². The van der Waals surface area contributed by atoms with Crippen LogP contribution < -0.4 is 4.90 Å². The Labute approximate surface area is 315 Å². The van der Waals surface area contributed by atoms with Gasteiger partial charge in [-0.1, -0.05) is 158 Å². The lowest BCUT2D eigenvalue weighted by Gasteiger charge is -2.30. The molecule has 1 aliphatic rings. The predicted molar refractivity (Wildman–Crippen MR) is 228 cm³/mol. The molecule has 1 heterocycles. The third-order valence-electron chi connectivity index (χ3n) is 10.8. The molecule has 8 aromatic carbocycles. The van der Waals surface area contributed by atoms with Crippen molar-refractivity contribution in [2.75, 3.05) is 4.90 Å². The van der Waals surface area contributed by atoms with Gasteiger partial charge < -0.3 is 9.32 Å². The molecule has 9 aromatic rings. The minimum absolute atomic E-state index is 0.903. The molecule has 0 bridgehead atoms. The molecule has 0 atom stereocenters. The summed E-state index contributed by atoms with van der Waals surface area (Å²) in [5, 5.41) is 4.70. The summed E-state index contributed by atoms with van der Waals surface area (Å²) >= 11 is 0. The molecule has 0 aliphatic heterocycles. The maximum atomic E-state index is 6.65. The standard InChI is InChI=1S/C52H37NO/c1-4-13-36(14-5-1)38-23-29-42(30-24-38)53(43-31-25-39(26-32-43)37-15-6-2-7-16-37)44-33-27-41(28-34-44)48-35-49-51-45(40-17-8-3-9-18-40)21-12-22-50(51)54-52(49)47-20-11-10-19-46(47)48/h1-27,29-33,35H,28,34H2. The van der Waals surface area contributed by atoms with E-state index >= 15 is 0 Å². The van der Waals surface area contributed by atoms with Gasteiger partial charge in [0.1, 0.15) is 11.2 Å². The van der Waals surface area contributed by atoms with Gasteiger partial charge in [0.05, 0.1) is 0 Å². The summed E-state index contributed by atoms with van der Waals surface area (Å²) in [6, 6.07) is 67.3. The van der Waals surface area contributed by atoms with Crippen molar-refractivity contribution in [1.82, 2.24) is 0 Å². The summed E-state index contributed by atoms with van der Waals surface area (Å²) in [4.78, 5) is 2.42. The highest BCUT2D eigenvalue weighted by atomic mass is 16.3. The Morgan fingerprint density at radius 3 is 1.50 bits per heavy atom. The van der Waals surface area contributed by atoms with E-state index < -0.39 is 0 Å². The Morgan fingerprint density at radius 2 is 0.926 bits per heavy atom. The molecule has 1 aliphatic carbocycles. The molecule has 1 aromatic heterocycles. The van der Waals surface area contributed by atoms with Gasteiger partial charge >= 0.3 is 0 Å². The third kappa shape index (κ3) is 5.70. The number of hydrogen-bond acceptors (Lipinski definition) is 2. The van der Waals surface area contributed by atoms with Gasteiger partial charge in [-0.3, -0.25) is 0 Å². The summed E-state index contributed by atoms with van der Waals surface area (Å²) in [6.07, 6.45) is 6.50. The molecule has 2 nitrogen and oxygen atoms in total. The number of furan rings is 1. The number of anilines is 2. The van der Waals surface area contributed by atoms with Crippen molar-refractivity contribution in [3.05, 3.63) is 211 Å². The molecule has 54 heavy (non-hydrogen) atoms. The van der Waals surface area contributed by atoms with Crippen LogP contribution in [0.4, 0.5) is 11.4 Å². The van der Waals surface area contributed by atoms with Gasteiger partial charge in [-0.15, -0.1) is 0 Å². The van der Waals surface area contributed by atoms with Crippen LogP contribution in [0.1, 0.15) is 18.4 Å². The van der Waals surface area contributed by atoms with Crippen LogP contribution in [-0.2, 0) is 0 Å². The molecule has 0 radical (unpaired) electrons. The average Bonchev–Trinajstić information content (AvgIpc) is 3.64. The first-order chi connectivity index (χ1) is 26.8. The second-order valence-corrected chi connectivity index (χ2v) is 14.0. The van der Waals surface area contributed by atoms with Gasteiger partial charge in [-0.05, 0) is 105 Å². The third-order valence-corrected chi connectivity index (χ3v) is 10.8. The SMILES string of the molecule is C1=C(c2cc3c(oc4cccc(-c5ccccc5)c43)c3ccccc23)CCC(N(c2ccc(-c3ccccc3)cc2)c2ccc(-c3ccccc3)cc2)=C1. The molecule has 0 saturated carbocycles. The maximum absolute atomic E-state index is 6.65. The highest BCUT2D eigenvalue weighted by Gasteiger charge is 2.22. The van der Waals surface area contributed by atoms with Gasteiger partial charge in [-0.2, -0.15) is 0 Å². The summed E-state index contributed by atoms with van der Waals surface area (Å²) in [5.74, 6) is 0.